The van der Waals surface area contributed by atoms with Gasteiger partial charge in [0.2, 0.25) is 11.8 Å². The van der Waals surface area contributed by atoms with E-state index in [9.17, 15) is 9.59 Å². The van der Waals surface area contributed by atoms with Crippen molar-refractivity contribution < 1.29 is 19.3 Å². The van der Waals surface area contributed by atoms with Crippen molar-refractivity contribution in [2.24, 2.45) is 0 Å². The number of aromatic nitrogens is 1. The molecule has 0 saturated carbocycles. The molecule has 0 unspecified atom stereocenters. The topological polar surface area (TPSA) is 76.0 Å². The summed E-state index contributed by atoms with van der Waals surface area (Å²) in [6.07, 6.45) is 7.32. The fourth-order valence-electron chi connectivity index (χ4n) is 3.20. The first-order valence-electron chi connectivity index (χ1n) is 9.74. The van der Waals surface area contributed by atoms with Crippen molar-refractivity contribution in [1.29, 1.82) is 0 Å². The lowest BCUT2D eigenvalue weighted by molar-refractivity contribution is -0.377. The number of carbonyl (C=O) groups is 2. The Kier molecular flexibility index (Phi) is 7.22. The summed E-state index contributed by atoms with van der Waals surface area (Å²) < 4.78 is 5.11. The number of benzene rings is 1. The van der Waals surface area contributed by atoms with Crippen LogP contribution in [0.3, 0.4) is 0 Å². The third-order valence-electron chi connectivity index (χ3n) is 4.88. The molecule has 2 amide bonds. The van der Waals surface area contributed by atoms with E-state index < -0.39 is 0 Å². The lowest BCUT2D eigenvalue weighted by Crippen LogP contribution is -2.49. The second-order valence-electron chi connectivity index (χ2n) is 6.77. The molecule has 1 fully saturated rings. The molecule has 1 aromatic heterocycles. The van der Waals surface area contributed by atoms with Gasteiger partial charge >= 0.3 is 0 Å². The van der Waals surface area contributed by atoms with Crippen molar-refractivity contribution >= 4 is 23.6 Å². The van der Waals surface area contributed by atoms with Gasteiger partial charge < -0.3 is 19.9 Å². The molecule has 1 aliphatic heterocycles. The van der Waals surface area contributed by atoms with E-state index in [-0.39, 0.29) is 11.8 Å². The van der Waals surface area contributed by atoms with E-state index >= 15 is 0 Å². The Bertz CT molecular complexity index is 829. The molecule has 0 bridgehead atoms. The normalized spacial score (nSPS) is 14.1. The molecule has 2 heterocycles. The molecule has 0 radical (unpaired) electrons. The molecule has 7 nitrogen and oxygen atoms in total. The first kappa shape index (κ1) is 20.4. The molecular formula is C22H27N4O3+. The number of amides is 2. The van der Waals surface area contributed by atoms with Crippen LogP contribution in [0.2, 0.25) is 0 Å². The second kappa shape index (κ2) is 10.3. The van der Waals surface area contributed by atoms with E-state index in [0.29, 0.717) is 26.1 Å². The molecule has 152 valence electrons. The largest absolute Gasteiger partial charge is 0.497 e. The predicted molar refractivity (Wildman–Crippen MR) is 111 cm³/mol. The minimum absolute atomic E-state index is 0.0745. The molecule has 0 atom stereocenters. The number of methoxy groups -OCH3 is 1. The lowest BCUT2D eigenvalue weighted by atomic mass is 10.2. The van der Waals surface area contributed by atoms with E-state index in [1.165, 1.54) is 6.08 Å². The number of anilines is 1. The van der Waals surface area contributed by atoms with Crippen LogP contribution in [-0.4, -0.2) is 56.5 Å². The highest BCUT2D eigenvalue weighted by atomic mass is 16.5. The number of rotatable bonds is 7. The Labute approximate surface area is 171 Å². The maximum Gasteiger partial charge on any atom is 0.244 e. The van der Waals surface area contributed by atoms with Gasteiger partial charge in [0.05, 0.1) is 7.11 Å². The summed E-state index contributed by atoms with van der Waals surface area (Å²) in [5.74, 6) is 0.637. The minimum atomic E-state index is -0.209. The van der Waals surface area contributed by atoms with Gasteiger partial charge in [-0.1, -0.05) is 12.1 Å². The molecule has 0 spiro atoms. The monoisotopic (exact) mass is 395 g/mol. The first-order valence-corrected chi connectivity index (χ1v) is 9.74. The number of pyridine rings is 1. The van der Waals surface area contributed by atoms with Crippen LogP contribution in [-0.2, 0) is 9.59 Å². The summed E-state index contributed by atoms with van der Waals surface area (Å²) in [6, 6.07) is 11.5. The summed E-state index contributed by atoms with van der Waals surface area (Å²) in [6.45, 7) is 3.35. The summed E-state index contributed by atoms with van der Waals surface area (Å²) >= 11 is 0. The number of nitrogens with one attached hydrogen (secondary N) is 2. The van der Waals surface area contributed by atoms with Gasteiger partial charge in [-0.2, -0.15) is 0 Å². The Morgan fingerprint density at radius 3 is 2.41 bits per heavy atom. The third-order valence-corrected chi connectivity index (χ3v) is 4.88. The number of nitrogens with zero attached hydrogens (tertiary/aromatic N) is 2. The van der Waals surface area contributed by atoms with Gasteiger partial charge in [0, 0.05) is 63.0 Å². The van der Waals surface area contributed by atoms with E-state index in [1.54, 1.807) is 13.2 Å². The SMILES string of the molecule is COc1ccc(/C=C/C(=O)NCCC(=O)N2CCN(c3cc[nH+]cc3)CC2)cc1. The van der Waals surface area contributed by atoms with Crippen molar-refractivity contribution in [2.75, 3.05) is 44.7 Å². The summed E-state index contributed by atoms with van der Waals surface area (Å²) in [7, 11) is 1.61. The van der Waals surface area contributed by atoms with Crippen LogP contribution >= 0.6 is 0 Å². The molecule has 1 aliphatic rings. The number of piperazine rings is 1. The molecule has 1 aromatic carbocycles. The average molecular weight is 395 g/mol. The van der Waals surface area contributed by atoms with Gasteiger partial charge in [-0.15, -0.1) is 0 Å². The highest BCUT2D eigenvalue weighted by Gasteiger charge is 2.21. The van der Waals surface area contributed by atoms with E-state index in [4.69, 9.17) is 4.74 Å². The molecule has 0 aliphatic carbocycles. The van der Waals surface area contributed by atoms with Crippen molar-refractivity contribution in [3.63, 3.8) is 0 Å². The number of ether oxygens (including phenoxy) is 1. The molecule has 29 heavy (non-hydrogen) atoms. The van der Waals surface area contributed by atoms with Crippen molar-refractivity contribution in [2.45, 2.75) is 6.42 Å². The van der Waals surface area contributed by atoms with Gasteiger partial charge in [-0.05, 0) is 23.8 Å². The number of hydrogen-bond acceptors (Lipinski definition) is 4. The Morgan fingerprint density at radius 1 is 1.07 bits per heavy atom. The summed E-state index contributed by atoms with van der Waals surface area (Å²) in [5.41, 5.74) is 2.07. The van der Waals surface area contributed by atoms with Crippen LogP contribution in [0.4, 0.5) is 5.69 Å². The van der Waals surface area contributed by atoms with Gasteiger partial charge in [0.1, 0.15) is 5.75 Å². The lowest BCUT2D eigenvalue weighted by Gasteiger charge is -2.35. The van der Waals surface area contributed by atoms with E-state index in [1.807, 2.05) is 53.7 Å². The van der Waals surface area contributed by atoms with Crippen molar-refractivity contribution in [3.05, 3.63) is 60.4 Å². The molecular weight excluding hydrogens is 368 g/mol. The van der Waals surface area contributed by atoms with Crippen LogP contribution in [0.25, 0.3) is 6.08 Å². The maximum absolute atomic E-state index is 12.4. The van der Waals surface area contributed by atoms with Crippen LogP contribution in [0.5, 0.6) is 5.75 Å². The van der Waals surface area contributed by atoms with E-state index in [0.717, 1.165) is 30.1 Å². The Hall–Kier alpha value is -3.35. The molecule has 1 saturated heterocycles. The molecule has 2 aromatic rings. The second-order valence-corrected chi connectivity index (χ2v) is 6.77. The number of aromatic amines is 1. The predicted octanol–water partition coefficient (Wildman–Crippen LogP) is 1.38. The zero-order valence-electron chi connectivity index (χ0n) is 16.6. The molecule has 2 N–H and O–H groups in total. The van der Waals surface area contributed by atoms with Gasteiger partial charge in [0.25, 0.3) is 0 Å². The zero-order valence-corrected chi connectivity index (χ0v) is 16.6. The number of carbonyl (C=O) groups excluding carboxylic acids is 2. The molecule has 7 heteroatoms. The first-order chi connectivity index (χ1) is 14.2. The smallest absolute Gasteiger partial charge is 0.244 e. The Balaban J connectivity index is 1.36. The summed E-state index contributed by atoms with van der Waals surface area (Å²) in [4.78, 5) is 31.5. The van der Waals surface area contributed by atoms with Gasteiger partial charge in [-0.3, -0.25) is 9.59 Å². The average Bonchev–Trinajstić information content (AvgIpc) is 2.78. The van der Waals surface area contributed by atoms with Crippen LogP contribution in [0, 0.1) is 0 Å². The van der Waals surface area contributed by atoms with Crippen LogP contribution in [0.15, 0.2) is 54.9 Å². The van der Waals surface area contributed by atoms with Gasteiger partial charge in [0.15, 0.2) is 12.4 Å². The minimum Gasteiger partial charge on any atom is -0.497 e. The highest BCUT2D eigenvalue weighted by molar-refractivity contribution is 5.92. The fraction of sp³-hybridized carbons (Fsp3) is 0.318. The fourth-order valence-corrected chi connectivity index (χ4v) is 3.20. The van der Waals surface area contributed by atoms with Crippen LogP contribution in [0.1, 0.15) is 12.0 Å². The zero-order chi connectivity index (χ0) is 20.5. The standard InChI is InChI=1S/C22H26N4O3/c1-29-20-5-2-18(3-6-20)4-7-21(27)24-13-10-22(28)26-16-14-25(15-17-26)19-8-11-23-12-9-19/h2-9,11-12H,10,13-17H2,1H3,(H,24,27)/p+1/b7-4+. The van der Waals surface area contributed by atoms with Crippen molar-refractivity contribution in [3.8, 4) is 5.75 Å². The third kappa shape index (κ3) is 6.07. The molecule has 3 rings (SSSR count). The van der Waals surface area contributed by atoms with Crippen LogP contribution < -0.4 is 19.9 Å². The van der Waals surface area contributed by atoms with Crippen molar-refractivity contribution in [1.82, 2.24) is 10.2 Å². The number of H-pyrrole nitrogens is 1. The maximum atomic E-state index is 12.4. The van der Waals surface area contributed by atoms with Gasteiger partial charge in [-0.25, -0.2) is 4.98 Å². The van der Waals surface area contributed by atoms with E-state index in [2.05, 4.69) is 15.2 Å². The quantitative estimate of drug-likeness (QED) is 0.719. The summed E-state index contributed by atoms with van der Waals surface area (Å²) in [5, 5.41) is 2.77. The highest BCUT2D eigenvalue weighted by Crippen LogP contribution is 2.14. The number of hydrogen-bond donors (Lipinski definition) is 1. The Morgan fingerprint density at radius 2 is 1.76 bits per heavy atom.